The van der Waals surface area contributed by atoms with Crippen LogP contribution in [0.1, 0.15) is 178 Å². The zero-order valence-electron chi connectivity index (χ0n) is 62.2. The van der Waals surface area contributed by atoms with Gasteiger partial charge in [-0.2, -0.15) is 0 Å². The van der Waals surface area contributed by atoms with Gasteiger partial charge in [0, 0.05) is 0 Å². The summed E-state index contributed by atoms with van der Waals surface area (Å²) in [5.74, 6) is -11.6. The van der Waals surface area contributed by atoms with E-state index in [1.807, 2.05) is 38.1 Å². The molecule has 0 spiro atoms. The van der Waals surface area contributed by atoms with E-state index in [4.69, 9.17) is 47.4 Å². The second-order valence-electron chi connectivity index (χ2n) is 29.5. The summed E-state index contributed by atoms with van der Waals surface area (Å²) in [6.45, 7) is 5.05. The number of hydrogen-bond acceptors (Lipinski definition) is 30. The Balaban J connectivity index is 4.88. The third-order valence-electron chi connectivity index (χ3n) is 18.4. The number of aryl methyl sites for hydroxylation is 1. The maximum Gasteiger partial charge on any atom is 0.311 e. The van der Waals surface area contributed by atoms with Crippen LogP contribution in [0, 0.1) is 54.1 Å². The predicted octanol–water partition coefficient (Wildman–Crippen LogP) is 3.08. The van der Waals surface area contributed by atoms with Gasteiger partial charge in [0.1, 0.15) is 66.1 Å². The minimum absolute atomic E-state index is 0.000556. The van der Waals surface area contributed by atoms with Crippen molar-refractivity contribution in [2.75, 3.05) is 132 Å². The number of esters is 10. The SMILES string of the molecule is CCc1ccc(C(CC)CC(C)(CC(C)(CC(C)(CC(C)(CC(C)(CC(C)(CC(C)(CC(C)(CC(C)(CC(C)(C)C(=O)OCCO)C(=O)OCCO)C(=O)OCCO)C(=O)OCCO)C(=O)OCCO)C(=O)OCCO)C(=O)OCCO)C(=O)OCCO)C(=O)OCCO)C(=O)OCCO)cc1. The number of aliphatic hydroxyl groups excluding tert-OH is 10. The Morgan fingerprint density at radius 3 is 0.637 bits per heavy atom. The van der Waals surface area contributed by atoms with Crippen LogP contribution < -0.4 is 0 Å². The highest BCUT2D eigenvalue weighted by Crippen LogP contribution is 2.58. The predicted molar refractivity (Wildman–Crippen MR) is 362 cm³/mol. The molecule has 0 fully saturated rings. The van der Waals surface area contributed by atoms with Gasteiger partial charge in [0.25, 0.3) is 0 Å². The van der Waals surface area contributed by atoms with E-state index in [0.29, 0.717) is 6.42 Å². The van der Waals surface area contributed by atoms with Gasteiger partial charge in [-0.25, -0.2) is 0 Å². The number of carbonyl (C=O) groups excluding carboxylic acids is 10. The first-order chi connectivity index (χ1) is 47.6. The van der Waals surface area contributed by atoms with E-state index < -0.39 is 304 Å². The molecule has 0 radical (unpaired) electrons. The Morgan fingerprint density at radius 1 is 0.275 bits per heavy atom. The van der Waals surface area contributed by atoms with Crippen LogP contribution in [0.15, 0.2) is 24.3 Å². The molecule has 1 aromatic rings. The van der Waals surface area contributed by atoms with E-state index in [0.717, 1.165) is 17.5 Å². The topological polar surface area (TPSA) is 465 Å². The fraction of sp³-hybridized carbons (Fsp3) is 0.778. The van der Waals surface area contributed by atoms with Gasteiger partial charge in [-0.3, -0.25) is 47.9 Å². The Morgan fingerprint density at radius 2 is 0.451 bits per heavy atom. The Bertz CT molecular complexity index is 2830. The molecule has 0 aliphatic rings. The third-order valence-corrected chi connectivity index (χ3v) is 18.4. The molecule has 10 unspecified atom stereocenters. The molecular formula is C72H118O30. The zero-order chi connectivity index (χ0) is 78.0. The molecule has 0 bridgehead atoms. The molecule has 30 nitrogen and oxygen atoms in total. The van der Waals surface area contributed by atoms with Crippen molar-refractivity contribution in [1.29, 1.82) is 0 Å². The standard InChI is InChI=1S/C72H118O30/c1-14-50-16-18-52(19-17-50)51(15-2)40-64(5,54(84)94-31-21-74)42-66(7,56(86)96-33-23-76)44-68(9,58(88)98-35-25-78)46-70(11,60(90)100-37-27-80)48-72(13,62(92)102-39-29-82)49-71(12,61(91)101-38-28-81)47-69(10,59(89)99-36-26-79)45-67(8,57(87)97-34-24-77)43-65(6,55(85)95-32-22-75)41-63(3,4)53(83)93-30-20-73/h16-19,51,73-82H,14-15,20-49H2,1-13H3. The molecule has 10 N–H and O–H groups in total. The van der Waals surface area contributed by atoms with E-state index >= 15 is 28.8 Å². The molecule has 0 heterocycles. The zero-order valence-corrected chi connectivity index (χ0v) is 62.2. The van der Waals surface area contributed by atoms with E-state index in [9.17, 15) is 70.2 Å². The minimum Gasteiger partial charge on any atom is -0.463 e. The molecule has 0 saturated carbocycles. The van der Waals surface area contributed by atoms with Crippen molar-refractivity contribution in [1.82, 2.24) is 0 Å². The Kier molecular flexibility index (Phi) is 39.5. The average Bonchev–Trinajstić information content (AvgIpc) is 0.757. The molecular weight excluding hydrogens is 1340 g/mol. The van der Waals surface area contributed by atoms with Crippen molar-refractivity contribution in [2.24, 2.45) is 54.1 Å². The highest BCUT2D eigenvalue weighted by Gasteiger charge is 2.61. The van der Waals surface area contributed by atoms with Gasteiger partial charge in [-0.1, -0.05) is 38.1 Å². The largest absolute Gasteiger partial charge is 0.463 e. The van der Waals surface area contributed by atoms with Crippen LogP contribution in [0.3, 0.4) is 0 Å². The lowest BCUT2D eigenvalue weighted by Gasteiger charge is -2.47. The first-order valence-electron chi connectivity index (χ1n) is 34.5. The number of rotatable bonds is 53. The Hall–Kier alpha value is -6.48. The molecule has 0 saturated heterocycles. The van der Waals surface area contributed by atoms with Crippen LogP contribution in [-0.4, -0.2) is 243 Å². The lowest BCUT2D eigenvalue weighted by Crippen LogP contribution is -2.52. The first kappa shape index (κ1) is 93.5. The normalized spacial score (nSPS) is 17.3. The van der Waals surface area contributed by atoms with Crippen LogP contribution >= 0.6 is 0 Å². The summed E-state index contributed by atoms with van der Waals surface area (Å²) in [6, 6.07) is 7.70. The van der Waals surface area contributed by atoms with Crippen molar-refractivity contribution in [3.63, 3.8) is 0 Å². The van der Waals surface area contributed by atoms with Crippen molar-refractivity contribution < 1.29 is 146 Å². The van der Waals surface area contributed by atoms with Crippen LogP contribution in [0.5, 0.6) is 0 Å². The van der Waals surface area contributed by atoms with Crippen LogP contribution in [0.4, 0.5) is 0 Å². The highest BCUT2D eigenvalue weighted by molar-refractivity contribution is 5.88. The number of hydrogen-bond donors (Lipinski definition) is 10. The minimum atomic E-state index is -2.36. The summed E-state index contributed by atoms with van der Waals surface area (Å²) in [5, 5.41) is 99.7. The van der Waals surface area contributed by atoms with Gasteiger partial charge in [0.2, 0.25) is 0 Å². The van der Waals surface area contributed by atoms with Gasteiger partial charge in [-0.05, 0) is 170 Å². The molecule has 1 rings (SSSR count). The fourth-order valence-electron chi connectivity index (χ4n) is 15.0. The molecule has 586 valence electrons. The summed E-state index contributed by atoms with van der Waals surface area (Å²) < 4.78 is 55.8. The van der Waals surface area contributed by atoms with Gasteiger partial charge in [0.05, 0.1) is 120 Å². The van der Waals surface area contributed by atoms with Crippen LogP contribution in [0.25, 0.3) is 0 Å². The first-order valence-corrected chi connectivity index (χ1v) is 34.5. The van der Waals surface area contributed by atoms with E-state index in [1.165, 1.54) is 76.2 Å². The summed E-state index contributed by atoms with van der Waals surface area (Å²) in [7, 11) is 0. The highest BCUT2D eigenvalue weighted by atomic mass is 16.6. The quantitative estimate of drug-likeness (QED) is 0.0331. The maximum atomic E-state index is 15.3. The van der Waals surface area contributed by atoms with Gasteiger partial charge in [0.15, 0.2) is 0 Å². The van der Waals surface area contributed by atoms with Gasteiger partial charge >= 0.3 is 59.7 Å². The van der Waals surface area contributed by atoms with Crippen LogP contribution in [0.2, 0.25) is 0 Å². The maximum absolute atomic E-state index is 15.3. The lowest BCUT2D eigenvalue weighted by molar-refractivity contribution is -0.178. The van der Waals surface area contributed by atoms with Crippen molar-refractivity contribution >= 4 is 59.7 Å². The number of ether oxygens (including phenoxy) is 10. The molecule has 0 aromatic heterocycles. The second-order valence-corrected chi connectivity index (χ2v) is 29.5. The number of carbonyl (C=O) groups is 10. The van der Waals surface area contributed by atoms with Gasteiger partial charge in [-0.15, -0.1) is 0 Å². The van der Waals surface area contributed by atoms with Crippen molar-refractivity contribution in [2.45, 2.75) is 173 Å². The average molecular weight is 1460 g/mol. The van der Waals surface area contributed by atoms with E-state index in [1.54, 1.807) is 0 Å². The molecule has 30 heteroatoms. The fourth-order valence-corrected chi connectivity index (χ4v) is 15.0. The smallest absolute Gasteiger partial charge is 0.311 e. The second kappa shape index (κ2) is 43.1. The Labute approximate surface area is 598 Å². The monoisotopic (exact) mass is 1460 g/mol. The van der Waals surface area contributed by atoms with E-state index in [2.05, 4.69) is 0 Å². The van der Waals surface area contributed by atoms with E-state index in [-0.39, 0.29) is 12.3 Å². The summed E-state index contributed by atoms with van der Waals surface area (Å²) >= 11 is 0. The van der Waals surface area contributed by atoms with Crippen molar-refractivity contribution in [3.05, 3.63) is 35.4 Å². The van der Waals surface area contributed by atoms with Gasteiger partial charge < -0.3 is 98.4 Å². The molecule has 10 atom stereocenters. The molecule has 1 aromatic carbocycles. The lowest BCUT2D eigenvalue weighted by atomic mass is 9.56. The molecule has 0 aliphatic heterocycles. The van der Waals surface area contributed by atoms with Crippen LogP contribution in [-0.2, 0) is 102 Å². The number of aliphatic hydroxyl groups is 10. The van der Waals surface area contributed by atoms with Crippen molar-refractivity contribution in [3.8, 4) is 0 Å². The molecule has 0 amide bonds. The summed E-state index contributed by atoms with van der Waals surface area (Å²) in [4.78, 5) is 149. The summed E-state index contributed by atoms with van der Waals surface area (Å²) in [5.41, 5.74) is -19.3. The number of benzene rings is 1. The molecule has 102 heavy (non-hydrogen) atoms. The molecule has 0 aliphatic carbocycles. The third kappa shape index (κ3) is 27.5. The summed E-state index contributed by atoms with van der Waals surface area (Å²) in [6.07, 6.45) is -5.49.